The van der Waals surface area contributed by atoms with E-state index in [1.807, 2.05) is 7.05 Å². The zero-order chi connectivity index (χ0) is 15.3. The molecule has 0 amide bonds. The highest BCUT2D eigenvalue weighted by Crippen LogP contribution is 2.27. The molecule has 0 aliphatic carbocycles. The van der Waals surface area contributed by atoms with Crippen molar-refractivity contribution < 1.29 is 8.42 Å². The van der Waals surface area contributed by atoms with Gasteiger partial charge in [-0.25, -0.2) is 8.42 Å². The van der Waals surface area contributed by atoms with Gasteiger partial charge < -0.3 is 5.32 Å². The van der Waals surface area contributed by atoms with E-state index in [2.05, 4.69) is 17.3 Å². The predicted octanol–water partition coefficient (Wildman–Crippen LogP) is 1.45. The van der Waals surface area contributed by atoms with Crippen molar-refractivity contribution in [3.8, 4) is 0 Å². The molecule has 120 valence electrons. The summed E-state index contributed by atoms with van der Waals surface area (Å²) in [6.45, 7) is 4.18. The van der Waals surface area contributed by atoms with Gasteiger partial charge >= 0.3 is 0 Å². The Morgan fingerprint density at radius 1 is 1.43 bits per heavy atom. The van der Waals surface area contributed by atoms with Crippen LogP contribution in [0.2, 0.25) is 0 Å². The number of aromatic nitrogens is 2. The highest BCUT2D eigenvalue weighted by Gasteiger charge is 2.33. The standard InChI is InChI=1S/C14H26N4O2S/c1-3-6-13-7-4-5-9-18(13)21(19,20)14-11-16-17(12-14)10-8-15-2/h11-13,15H,3-10H2,1-2H3. The second-order valence-electron chi connectivity index (χ2n) is 5.60. The largest absolute Gasteiger partial charge is 0.318 e. The quantitative estimate of drug-likeness (QED) is 0.827. The third kappa shape index (κ3) is 3.84. The summed E-state index contributed by atoms with van der Waals surface area (Å²) >= 11 is 0. The Labute approximate surface area is 127 Å². The lowest BCUT2D eigenvalue weighted by Gasteiger charge is -2.34. The van der Waals surface area contributed by atoms with Crippen LogP contribution in [0.3, 0.4) is 0 Å². The topological polar surface area (TPSA) is 67.2 Å². The van der Waals surface area contributed by atoms with Crippen molar-refractivity contribution in [2.24, 2.45) is 0 Å². The van der Waals surface area contributed by atoms with E-state index in [0.717, 1.165) is 38.6 Å². The molecule has 1 saturated heterocycles. The Kier molecular flexibility index (Phi) is 5.78. The van der Waals surface area contributed by atoms with Gasteiger partial charge in [0.15, 0.2) is 0 Å². The van der Waals surface area contributed by atoms with E-state index in [4.69, 9.17) is 0 Å². The molecule has 21 heavy (non-hydrogen) atoms. The minimum absolute atomic E-state index is 0.148. The molecule has 2 heterocycles. The van der Waals surface area contributed by atoms with Crippen molar-refractivity contribution in [1.82, 2.24) is 19.4 Å². The number of rotatable bonds is 7. The molecule has 1 N–H and O–H groups in total. The van der Waals surface area contributed by atoms with Gasteiger partial charge in [0.2, 0.25) is 10.0 Å². The summed E-state index contributed by atoms with van der Waals surface area (Å²) in [4.78, 5) is 0.321. The molecule has 1 aromatic rings. The van der Waals surface area contributed by atoms with Crippen LogP contribution in [0.1, 0.15) is 39.0 Å². The van der Waals surface area contributed by atoms with Crippen LogP contribution < -0.4 is 5.32 Å². The molecule has 1 aromatic heterocycles. The Hall–Kier alpha value is -0.920. The third-order valence-electron chi connectivity index (χ3n) is 4.00. The molecule has 1 aliphatic heterocycles. The van der Waals surface area contributed by atoms with Crippen LogP contribution in [0.25, 0.3) is 0 Å². The fourth-order valence-corrected chi connectivity index (χ4v) is 4.55. The van der Waals surface area contributed by atoms with E-state index in [1.54, 1.807) is 15.2 Å². The minimum Gasteiger partial charge on any atom is -0.318 e. The van der Waals surface area contributed by atoms with Crippen molar-refractivity contribution in [2.45, 2.75) is 56.5 Å². The van der Waals surface area contributed by atoms with Crippen LogP contribution in [0, 0.1) is 0 Å². The number of nitrogens with zero attached hydrogens (tertiary/aromatic N) is 3. The molecule has 1 atom stereocenters. The number of hydrogen-bond donors (Lipinski definition) is 1. The Bertz CT molecular complexity index is 539. The molecule has 0 bridgehead atoms. The zero-order valence-corrected chi connectivity index (χ0v) is 13.8. The van der Waals surface area contributed by atoms with Crippen LogP contribution in [0.5, 0.6) is 0 Å². The maximum absolute atomic E-state index is 12.8. The van der Waals surface area contributed by atoms with Crippen LogP contribution in [-0.4, -0.2) is 48.7 Å². The Balaban J connectivity index is 2.17. The molecular formula is C14H26N4O2S. The van der Waals surface area contributed by atoms with Crippen LogP contribution in [-0.2, 0) is 16.6 Å². The van der Waals surface area contributed by atoms with Gasteiger partial charge in [0.25, 0.3) is 0 Å². The van der Waals surface area contributed by atoms with E-state index >= 15 is 0 Å². The molecule has 0 spiro atoms. The van der Waals surface area contributed by atoms with Gasteiger partial charge in [-0.15, -0.1) is 0 Å². The van der Waals surface area contributed by atoms with E-state index in [-0.39, 0.29) is 6.04 Å². The molecule has 7 heteroatoms. The first-order valence-corrected chi connectivity index (χ1v) is 9.22. The fraction of sp³-hybridized carbons (Fsp3) is 0.786. The number of sulfonamides is 1. The third-order valence-corrected chi connectivity index (χ3v) is 5.91. The summed E-state index contributed by atoms with van der Waals surface area (Å²) in [5.41, 5.74) is 0. The SMILES string of the molecule is CCCC1CCCCN1S(=O)(=O)c1cnn(CCNC)c1. The first-order chi connectivity index (χ1) is 10.1. The van der Waals surface area contributed by atoms with Crippen molar-refractivity contribution in [2.75, 3.05) is 20.1 Å². The van der Waals surface area contributed by atoms with E-state index < -0.39 is 10.0 Å². The number of likely N-dealkylation sites (N-methyl/N-ethyl adjacent to an activating group) is 1. The smallest absolute Gasteiger partial charge is 0.246 e. The normalized spacial score (nSPS) is 20.8. The summed E-state index contributed by atoms with van der Waals surface area (Å²) in [6, 6.07) is 0.148. The lowest BCUT2D eigenvalue weighted by molar-refractivity contribution is 0.239. The van der Waals surface area contributed by atoms with E-state index in [0.29, 0.717) is 18.0 Å². The molecule has 6 nitrogen and oxygen atoms in total. The van der Waals surface area contributed by atoms with Gasteiger partial charge in [-0.1, -0.05) is 19.8 Å². The first-order valence-electron chi connectivity index (χ1n) is 7.78. The summed E-state index contributed by atoms with van der Waals surface area (Å²) in [5.74, 6) is 0. The molecule has 1 unspecified atom stereocenters. The maximum atomic E-state index is 12.8. The van der Waals surface area contributed by atoms with Gasteiger partial charge in [-0.3, -0.25) is 4.68 Å². The summed E-state index contributed by atoms with van der Waals surface area (Å²) in [6.07, 6.45) is 8.12. The van der Waals surface area contributed by atoms with Crippen LogP contribution in [0.15, 0.2) is 17.3 Å². The molecular weight excluding hydrogens is 288 g/mol. The fourth-order valence-electron chi connectivity index (χ4n) is 2.87. The molecule has 0 saturated carbocycles. The summed E-state index contributed by atoms with van der Waals surface area (Å²) < 4.78 is 29.0. The van der Waals surface area contributed by atoms with Crippen LogP contribution in [0.4, 0.5) is 0 Å². The Morgan fingerprint density at radius 3 is 2.95 bits per heavy atom. The lowest BCUT2D eigenvalue weighted by Crippen LogP contribution is -2.43. The van der Waals surface area contributed by atoms with Crippen LogP contribution >= 0.6 is 0 Å². The van der Waals surface area contributed by atoms with Gasteiger partial charge in [0.1, 0.15) is 4.90 Å². The maximum Gasteiger partial charge on any atom is 0.246 e. The van der Waals surface area contributed by atoms with Gasteiger partial charge in [-0.05, 0) is 26.3 Å². The van der Waals surface area contributed by atoms with E-state index in [1.165, 1.54) is 6.20 Å². The highest BCUT2D eigenvalue weighted by molar-refractivity contribution is 7.89. The second-order valence-corrected chi connectivity index (χ2v) is 7.49. The van der Waals surface area contributed by atoms with Crippen molar-refractivity contribution >= 4 is 10.0 Å². The predicted molar refractivity (Wildman–Crippen MR) is 82.6 cm³/mol. The summed E-state index contributed by atoms with van der Waals surface area (Å²) in [7, 11) is -1.54. The first kappa shape index (κ1) is 16.5. The van der Waals surface area contributed by atoms with Gasteiger partial charge in [0.05, 0.1) is 12.7 Å². The summed E-state index contributed by atoms with van der Waals surface area (Å²) in [5, 5.41) is 7.19. The van der Waals surface area contributed by atoms with Crippen molar-refractivity contribution in [1.29, 1.82) is 0 Å². The highest BCUT2D eigenvalue weighted by atomic mass is 32.2. The average molecular weight is 314 g/mol. The number of piperidine rings is 1. The molecule has 0 radical (unpaired) electrons. The van der Waals surface area contributed by atoms with Crippen molar-refractivity contribution in [3.63, 3.8) is 0 Å². The number of hydrogen-bond acceptors (Lipinski definition) is 4. The van der Waals surface area contributed by atoms with Gasteiger partial charge in [0, 0.05) is 25.3 Å². The van der Waals surface area contributed by atoms with E-state index in [9.17, 15) is 8.42 Å². The minimum atomic E-state index is -3.41. The monoisotopic (exact) mass is 314 g/mol. The Morgan fingerprint density at radius 2 is 2.24 bits per heavy atom. The van der Waals surface area contributed by atoms with Crippen molar-refractivity contribution in [3.05, 3.63) is 12.4 Å². The molecule has 0 aromatic carbocycles. The number of nitrogens with one attached hydrogen (secondary N) is 1. The van der Waals surface area contributed by atoms with Gasteiger partial charge in [-0.2, -0.15) is 9.40 Å². The molecule has 1 fully saturated rings. The lowest BCUT2D eigenvalue weighted by atomic mass is 10.0. The molecule has 1 aliphatic rings. The average Bonchev–Trinajstić information content (AvgIpc) is 2.95. The zero-order valence-electron chi connectivity index (χ0n) is 13.0. The molecule has 2 rings (SSSR count). The second kappa shape index (κ2) is 7.38.